The quantitative estimate of drug-likeness (QED) is 0.0627. The highest BCUT2D eigenvalue weighted by molar-refractivity contribution is 5.62. The summed E-state index contributed by atoms with van der Waals surface area (Å²) < 4.78 is 0. The molecule has 76 heavy (non-hydrogen) atoms. The van der Waals surface area contributed by atoms with Crippen molar-refractivity contribution in [3.63, 3.8) is 0 Å². The second-order valence-electron chi connectivity index (χ2n) is 20.7. The minimum absolute atomic E-state index is 0.0281. The molecule has 0 atom stereocenters. The summed E-state index contributed by atoms with van der Waals surface area (Å²) in [4.78, 5) is 9.93. The number of anilines is 4. The first-order valence-corrected chi connectivity index (χ1v) is 27.8. The third kappa shape index (κ3) is 12.5. The molecule has 0 heterocycles. The van der Waals surface area contributed by atoms with Crippen LogP contribution in [-0.2, 0) is 26.2 Å². The fraction of sp³-hybridized carbons (Fsp3) is 0.250. The number of nitrogens with zero attached hydrogens (tertiary/aromatic N) is 4. The third-order valence-corrected chi connectivity index (χ3v) is 15.7. The van der Waals surface area contributed by atoms with Gasteiger partial charge in [-0.15, -0.1) is 0 Å². The van der Waals surface area contributed by atoms with Crippen LogP contribution in [0.25, 0.3) is 0 Å². The van der Waals surface area contributed by atoms with Crippen LogP contribution in [0, 0.1) is 27.7 Å². The highest BCUT2D eigenvalue weighted by atomic mass is 15.1. The highest BCUT2D eigenvalue weighted by Crippen LogP contribution is 2.42. The maximum Gasteiger partial charge on any atom is 0.0429 e. The Labute approximate surface area is 455 Å². The topological polar surface area (TPSA) is 13.0 Å². The Morgan fingerprint density at radius 1 is 0.263 bits per heavy atom. The van der Waals surface area contributed by atoms with Crippen molar-refractivity contribution in [2.45, 2.75) is 93.4 Å². The minimum Gasteiger partial charge on any atom is -0.367 e. The van der Waals surface area contributed by atoms with Gasteiger partial charge in [-0.25, -0.2) is 0 Å². The smallest absolute Gasteiger partial charge is 0.0429 e. The molecule has 4 heteroatoms. The van der Waals surface area contributed by atoms with Crippen molar-refractivity contribution < 1.29 is 0 Å². The van der Waals surface area contributed by atoms with Gasteiger partial charge in [0.2, 0.25) is 0 Å². The molecule has 9 aromatic carbocycles. The summed E-state index contributed by atoms with van der Waals surface area (Å²) in [5.74, 6) is 0.0562. The normalized spacial score (nSPS) is 11.3. The molecule has 386 valence electrons. The first-order valence-electron chi connectivity index (χ1n) is 27.8. The number of rotatable bonds is 22. The van der Waals surface area contributed by atoms with Crippen molar-refractivity contribution in [1.82, 2.24) is 0 Å². The van der Waals surface area contributed by atoms with Gasteiger partial charge in [0.25, 0.3) is 0 Å². The van der Waals surface area contributed by atoms with Gasteiger partial charge < -0.3 is 19.6 Å². The standard InChI is InChI=1S/C72H78N4/c1-9-73(49-57-25-17-13-18-26-57)63-37-41-67(53(5)45-63)71(68-42-38-64(46-54(68)6)74(10-2)50-58-27-19-14-20-28-58)61-33-35-62(36-34-61)72(69-43-39-65(47-55(69)7)75(11-3)51-59-29-21-15-22-30-59)70-44-40-66(48-56(70)8)76(12-4)52-60-31-23-16-24-32-60/h13-48,71-72H,9-12,49-52H2,1-8H3. The van der Waals surface area contributed by atoms with E-state index in [0.29, 0.717) is 0 Å². The fourth-order valence-electron chi connectivity index (χ4n) is 11.4. The van der Waals surface area contributed by atoms with E-state index in [2.05, 4.69) is 293 Å². The number of benzene rings is 9. The molecule has 0 saturated heterocycles. The third-order valence-electron chi connectivity index (χ3n) is 15.7. The van der Waals surface area contributed by atoms with E-state index in [0.717, 1.165) is 52.4 Å². The monoisotopic (exact) mass is 999 g/mol. The van der Waals surface area contributed by atoms with E-state index in [9.17, 15) is 0 Å². The van der Waals surface area contributed by atoms with Gasteiger partial charge in [0.15, 0.2) is 0 Å². The molecule has 0 spiro atoms. The minimum atomic E-state index is 0.0281. The predicted molar refractivity (Wildman–Crippen MR) is 326 cm³/mol. The van der Waals surface area contributed by atoms with Crippen LogP contribution >= 0.6 is 0 Å². The zero-order chi connectivity index (χ0) is 53.0. The zero-order valence-electron chi connectivity index (χ0n) is 46.4. The Morgan fingerprint density at radius 3 is 0.658 bits per heavy atom. The summed E-state index contributed by atoms with van der Waals surface area (Å²) in [6.07, 6.45) is 0. The van der Waals surface area contributed by atoms with Gasteiger partial charge in [0, 0.05) is 86.9 Å². The average molecular weight is 999 g/mol. The van der Waals surface area contributed by atoms with E-state index >= 15 is 0 Å². The van der Waals surface area contributed by atoms with Crippen molar-refractivity contribution in [1.29, 1.82) is 0 Å². The molecule has 0 fully saturated rings. The van der Waals surface area contributed by atoms with Crippen LogP contribution in [0.1, 0.15) is 117 Å². The number of aryl methyl sites for hydroxylation is 4. The largest absolute Gasteiger partial charge is 0.367 e. The van der Waals surface area contributed by atoms with Crippen LogP contribution in [0.4, 0.5) is 22.7 Å². The van der Waals surface area contributed by atoms with Crippen LogP contribution < -0.4 is 19.6 Å². The molecule has 0 aliphatic carbocycles. The van der Waals surface area contributed by atoms with E-state index in [1.54, 1.807) is 0 Å². The molecule has 9 rings (SSSR count). The van der Waals surface area contributed by atoms with Crippen LogP contribution in [-0.4, -0.2) is 26.2 Å². The van der Waals surface area contributed by atoms with E-state index in [1.807, 2.05) is 0 Å². The van der Waals surface area contributed by atoms with Crippen molar-refractivity contribution in [2.75, 3.05) is 45.8 Å². The van der Waals surface area contributed by atoms with Gasteiger partial charge in [-0.2, -0.15) is 0 Å². The first-order chi connectivity index (χ1) is 37.1. The summed E-state index contributed by atoms with van der Waals surface area (Å²) in [5, 5.41) is 0. The Balaban J connectivity index is 1.12. The molecule has 0 aliphatic rings. The number of hydrogen-bond acceptors (Lipinski definition) is 4. The van der Waals surface area contributed by atoms with Gasteiger partial charge in [-0.1, -0.05) is 170 Å². The first kappa shape index (κ1) is 53.0. The van der Waals surface area contributed by atoms with E-state index in [-0.39, 0.29) is 11.8 Å². The second kappa shape index (κ2) is 25.1. The lowest BCUT2D eigenvalue weighted by atomic mass is 9.78. The molecule has 0 aliphatic heterocycles. The van der Waals surface area contributed by atoms with Crippen LogP contribution in [0.5, 0.6) is 0 Å². The molecule has 4 nitrogen and oxygen atoms in total. The van der Waals surface area contributed by atoms with Crippen LogP contribution in [0.15, 0.2) is 218 Å². The van der Waals surface area contributed by atoms with Crippen LogP contribution in [0.2, 0.25) is 0 Å². The van der Waals surface area contributed by atoms with Crippen LogP contribution in [0.3, 0.4) is 0 Å². The molecule has 0 N–H and O–H groups in total. The van der Waals surface area contributed by atoms with E-state index in [1.165, 1.54) is 101 Å². The van der Waals surface area contributed by atoms with Gasteiger partial charge in [-0.05, 0) is 182 Å². The van der Waals surface area contributed by atoms with Gasteiger partial charge >= 0.3 is 0 Å². The van der Waals surface area contributed by atoms with Gasteiger partial charge in [-0.3, -0.25) is 0 Å². The summed E-state index contributed by atoms with van der Waals surface area (Å²) in [6.45, 7) is 25.5. The van der Waals surface area contributed by atoms with Crippen molar-refractivity contribution in [3.8, 4) is 0 Å². The second-order valence-corrected chi connectivity index (χ2v) is 20.7. The number of hydrogen-bond donors (Lipinski definition) is 0. The molecule has 0 aromatic heterocycles. The Bertz CT molecular complexity index is 2840. The van der Waals surface area contributed by atoms with E-state index in [4.69, 9.17) is 0 Å². The molecular weight excluding hydrogens is 921 g/mol. The summed E-state index contributed by atoms with van der Waals surface area (Å²) in [5.41, 5.74) is 23.4. The van der Waals surface area contributed by atoms with Crippen molar-refractivity contribution in [2.24, 2.45) is 0 Å². The molecule has 0 radical (unpaired) electrons. The SMILES string of the molecule is CCN(Cc1ccccc1)c1ccc(C(c2ccc(C(c3ccc(N(CC)Cc4ccccc4)cc3C)c3ccc(N(CC)Cc4ccccc4)cc3C)cc2)c2ccc(N(CC)Cc3ccccc3)cc2C)c(C)c1. The zero-order valence-corrected chi connectivity index (χ0v) is 46.4. The summed E-state index contributed by atoms with van der Waals surface area (Å²) in [6, 6.07) is 81.8. The predicted octanol–water partition coefficient (Wildman–Crippen LogP) is 17.4. The molecule has 0 unspecified atom stereocenters. The summed E-state index contributed by atoms with van der Waals surface area (Å²) in [7, 11) is 0. The molecule has 9 aromatic rings. The molecule has 0 bridgehead atoms. The van der Waals surface area contributed by atoms with Gasteiger partial charge in [0.1, 0.15) is 0 Å². The summed E-state index contributed by atoms with van der Waals surface area (Å²) >= 11 is 0. The van der Waals surface area contributed by atoms with Crippen molar-refractivity contribution in [3.05, 3.63) is 296 Å². The molecule has 0 amide bonds. The highest BCUT2D eigenvalue weighted by Gasteiger charge is 2.26. The lowest BCUT2D eigenvalue weighted by Gasteiger charge is -2.29. The molecular formula is C72H78N4. The molecule has 0 saturated carbocycles. The van der Waals surface area contributed by atoms with Crippen molar-refractivity contribution >= 4 is 22.7 Å². The van der Waals surface area contributed by atoms with E-state index < -0.39 is 0 Å². The Morgan fingerprint density at radius 2 is 0.474 bits per heavy atom. The Kier molecular flexibility index (Phi) is 17.5. The average Bonchev–Trinajstić information content (AvgIpc) is 3.46. The maximum absolute atomic E-state index is 2.48. The lowest BCUT2D eigenvalue weighted by molar-refractivity contribution is 0.826. The lowest BCUT2D eigenvalue weighted by Crippen LogP contribution is -2.22. The maximum atomic E-state index is 2.48. The Hall–Kier alpha value is -7.82. The fourth-order valence-corrected chi connectivity index (χ4v) is 11.4. The van der Waals surface area contributed by atoms with Gasteiger partial charge in [0.05, 0.1) is 0 Å².